The van der Waals surface area contributed by atoms with Crippen molar-refractivity contribution in [2.24, 2.45) is 5.89 Å². The van der Waals surface area contributed by atoms with Crippen molar-refractivity contribution in [2.45, 2.75) is 80.3 Å². The van der Waals surface area contributed by atoms with Crippen molar-refractivity contribution < 1.29 is 38.6 Å². The van der Waals surface area contributed by atoms with Crippen LogP contribution in [0.25, 0.3) is 0 Å². The molecule has 152 valence electrons. The van der Waals surface area contributed by atoms with E-state index in [1.165, 1.54) is 13.2 Å². The van der Waals surface area contributed by atoms with Gasteiger partial charge in [-0.15, -0.1) is 23.4 Å². The van der Waals surface area contributed by atoms with Gasteiger partial charge in [-0.2, -0.15) is 0 Å². The molecule has 1 amide bonds. The van der Waals surface area contributed by atoms with E-state index in [0.29, 0.717) is 6.92 Å². The van der Waals surface area contributed by atoms with Gasteiger partial charge < -0.3 is 30.7 Å². The van der Waals surface area contributed by atoms with Crippen molar-refractivity contribution in [2.75, 3.05) is 12.8 Å². The molecule has 2 aliphatic rings. The quantitative estimate of drug-likeness (QED) is 0.386. The Morgan fingerprint density at radius 3 is 2.77 bits per heavy atom. The molecule has 9 heteroatoms. The van der Waals surface area contributed by atoms with Crippen LogP contribution in [0.1, 0.15) is 46.7 Å². The summed E-state index contributed by atoms with van der Waals surface area (Å²) in [5.41, 5.74) is -1.07. The van der Waals surface area contributed by atoms with Crippen LogP contribution in [0.15, 0.2) is 0 Å². The van der Waals surface area contributed by atoms with Crippen molar-refractivity contribution in [3.63, 3.8) is 0 Å². The average molecular weight is 421 g/mol. The molecule has 26 heavy (non-hydrogen) atoms. The molecule has 2 unspecified atom stereocenters. The maximum atomic E-state index is 13.4. The predicted molar refractivity (Wildman–Crippen MR) is 102 cm³/mol. The first-order chi connectivity index (χ1) is 16.0. The summed E-state index contributed by atoms with van der Waals surface area (Å²) < 4.78 is 87.9. The number of rotatable bonds is 6. The van der Waals surface area contributed by atoms with E-state index in [4.69, 9.17) is 30.0 Å². The average Bonchev–Trinajstić information content (AvgIpc) is 2.73. The number of nitrogens with one attached hydrogen (secondary N) is 2. The van der Waals surface area contributed by atoms with Crippen molar-refractivity contribution in [3.8, 4) is 0 Å². The zero-order valence-electron chi connectivity index (χ0n) is 24.5. The minimum absolute atomic E-state index is 0.653. The van der Waals surface area contributed by atoms with Gasteiger partial charge in [-0.1, -0.05) is 13.3 Å². The van der Waals surface area contributed by atoms with Crippen molar-refractivity contribution in [1.29, 1.82) is 0 Å². The number of aliphatic hydroxyl groups excluding tert-OH is 3. The van der Waals surface area contributed by atoms with E-state index in [1.807, 2.05) is 0 Å². The van der Waals surface area contributed by atoms with Crippen LogP contribution in [0.2, 0.25) is 0 Å². The van der Waals surface area contributed by atoms with Crippen molar-refractivity contribution in [1.82, 2.24) is 10.6 Å². The Bertz CT molecular complexity index is 853. The monoisotopic (exact) mass is 420 g/mol. The Kier molecular flexibility index (Phi) is 4.50. The minimum atomic E-state index is -3.69. The highest BCUT2D eigenvalue weighted by Gasteiger charge is 2.48. The summed E-state index contributed by atoms with van der Waals surface area (Å²) in [4.78, 5) is 13.4. The van der Waals surface area contributed by atoms with E-state index < -0.39 is 84.7 Å². The van der Waals surface area contributed by atoms with Gasteiger partial charge in [0.05, 0.1) is 18.8 Å². The number of piperidine rings is 1. The summed E-state index contributed by atoms with van der Waals surface area (Å²) in [6.07, 6.45) is -15.3. The van der Waals surface area contributed by atoms with Gasteiger partial charge in [0, 0.05) is 12.3 Å². The van der Waals surface area contributed by atoms with Crippen LogP contribution in [-0.2, 0) is 9.53 Å². The van der Waals surface area contributed by atoms with E-state index in [-0.39, 0.29) is 0 Å². The number of alkyl halides is 1. The largest absolute Gasteiger partial charge is 0.388 e. The fourth-order valence-corrected chi connectivity index (χ4v) is 3.52. The van der Waals surface area contributed by atoms with E-state index >= 15 is 0 Å². The summed E-state index contributed by atoms with van der Waals surface area (Å²) in [6, 6.07) is -4.94. The molecule has 2 saturated heterocycles. The fraction of sp³-hybridized carbons (Fsp3) is 0.941. The normalized spacial score (nSPS) is 58.3. The molecule has 0 bridgehead atoms. The molecule has 2 aliphatic heterocycles. The fourth-order valence-electron chi connectivity index (χ4n) is 2.63. The highest BCUT2D eigenvalue weighted by Crippen LogP contribution is 2.30. The number of hydrogen-bond acceptors (Lipinski definition) is 7. The molecule has 0 radical (unpaired) electrons. The molecule has 2 fully saturated rings. The van der Waals surface area contributed by atoms with Crippen LogP contribution in [0.4, 0.5) is 0 Å². The lowest BCUT2D eigenvalue weighted by Crippen LogP contribution is -2.65. The maximum absolute atomic E-state index is 13.4. The third-order valence-electron chi connectivity index (χ3n) is 4.09. The topological polar surface area (TPSA) is 111 Å². The predicted octanol–water partition coefficient (Wildman–Crippen LogP) is 0.0473. The molecule has 0 aromatic carbocycles. The molecular weight excluding hydrogens is 380 g/mol. The number of carbonyl (C=O) groups is 1. The Balaban J connectivity index is 2.56. The molecular formula is C17H31ClN2O5S. The summed E-state index contributed by atoms with van der Waals surface area (Å²) in [5, 5.41) is 33.6. The maximum Gasteiger partial charge on any atom is 0.237 e. The second-order valence-corrected chi connectivity index (χ2v) is 7.48. The molecule has 5 N–H and O–H groups in total. The van der Waals surface area contributed by atoms with Crippen LogP contribution in [0, 0.1) is 5.89 Å². The third-order valence-corrected chi connectivity index (χ3v) is 5.21. The van der Waals surface area contributed by atoms with Crippen LogP contribution in [-0.4, -0.2) is 81.3 Å². The number of thioether (sulfide) groups is 1. The van der Waals surface area contributed by atoms with Gasteiger partial charge in [-0.3, -0.25) is 4.79 Å². The zero-order chi connectivity index (χ0) is 28.4. The van der Waals surface area contributed by atoms with Gasteiger partial charge in [0.25, 0.3) is 0 Å². The minimum Gasteiger partial charge on any atom is -0.388 e. The van der Waals surface area contributed by atoms with Crippen LogP contribution in [0.3, 0.4) is 0 Å². The molecule has 2 heterocycles. The van der Waals surface area contributed by atoms with Gasteiger partial charge in [-0.05, 0) is 38.3 Å². The summed E-state index contributed by atoms with van der Waals surface area (Å²) in [6.45, 7) is -1.44. The molecule has 0 saturated carbocycles. The molecule has 0 aromatic heterocycles. The van der Waals surface area contributed by atoms with Gasteiger partial charge in [-0.25, -0.2) is 0 Å². The standard InChI is InChI=1S/C17H31ClN2O5S/c1-4-9-5-6-19-10(7-9)16(24)20-11(8(2)18)15-13(22)12(21)14(23)17(25-15)26-3/h8-15,17,19,21-23H,4-7H2,1-3H3,(H,20,24)/t8-,9+,10-,11+,12?,13+,14?,15+,17+/m0/s1/i4D2,5D2,6D2,7D2,9D,10D. The molecule has 0 spiro atoms. The Morgan fingerprint density at radius 1 is 1.50 bits per heavy atom. The molecule has 0 aliphatic carbocycles. The number of halogens is 1. The lowest BCUT2D eigenvalue weighted by atomic mass is 9.89. The first-order valence-electron chi connectivity index (χ1n) is 12.9. The summed E-state index contributed by atoms with van der Waals surface area (Å²) in [5.74, 6) is -5.27. The Hall–Kier alpha value is -0.0900. The molecule has 7 nitrogen and oxygen atoms in total. The highest BCUT2D eigenvalue weighted by molar-refractivity contribution is 7.99. The van der Waals surface area contributed by atoms with Gasteiger partial charge in [0.15, 0.2) is 0 Å². The van der Waals surface area contributed by atoms with Crippen LogP contribution in [0.5, 0.6) is 0 Å². The Labute approximate surface area is 178 Å². The van der Waals surface area contributed by atoms with Crippen LogP contribution >= 0.6 is 23.4 Å². The van der Waals surface area contributed by atoms with E-state index in [0.717, 1.165) is 11.8 Å². The van der Waals surface area contributed by atoms with E-state index in [1.54, 1.807) is 5.32 Å². The smallest absolute Gasteiger partial charge is 0.237 e. The van der Waals surface area contributed by atoms with Crippen LogP contribution < -0.4 is 10.6 Å². The number of carbonyl (C=O) groups excluding carboxylic acids is 1. The van der Waals surface area contributed by atoms with Gasteiger partial charge in [0.1, 0.15) is 29.9 Å². The molecule has 0 aromatic rings. The Morgan fingerprint density at radius 2 is 2.19 bits per heavy atom. The first-order valence-corrected chi connectivity index (χ1v) is 9.65. The second kappa shape index (κ2) is 9.91. The summed E-state index contributed by atoms with van der Waals surface area (Å²) >= 11 is 7.16. The van der Waals surface area contributed by atoms with E-state index in [2.05, 4.69) is 5.32 Å². The number of amides is 1. The number of aliphatic hydroxyl groups is 3. The SMILES string of the molecule is [2H]C1([2H])N[C@]([2H])(C(=O)N[C@@H]([C@H]2O[C@H](SC)C(O)C(O)[C@H]2O)[C@H](C)Cl)C([2H])([2H])[C@]([2H])(C([2H])([2H])C)C1([2H])[2H]. The molecule has 2 rings (SSSR count). The third kappa shape index (κ3) is 5.04. The summed E-state index contributed by atoms with van der Waals surface area (Å²) in [7, 11) is 0. The first kappa shape index (κ1) is 11.8. The number of hydrogen-bond donors (Lipinski definition) is 5. The van der Waals surface area contributed by atoms with Crippen molar-refractivity contribution >= 4 is 29.3 Å². The van der Waals surface area contributed by atoms with E-state index in [9.17, 15) is 20.1 Å². The van der Waals surface area contributed by atoms with Gasteiger partial charge >= 0.3 is 0 Å². The molecule has 9 atom stereocenters. The zero-order valence-corrected chi connectivity index (χ0v) is 16.1. The second-order valence-electron chi connectivity index (χ2n) is 5.85. The van der Waals surface area contributed by atoms with Gasteiger partial charge in [0.2, 0.25) is 5.91 Å². The number of ether oxygens (including phenoxy) is 1. The van der Waals surface area contributed by atoms with Crippen molar-refractivity contribution in [3.05, 3.63) is 0 Å². The highest BCUT2D eigenvalue weighted by atomic mass is 35.5. The lowest BCUT2D eigenvalue weighted by molar-refractivity contribution is -0.205. The lowest BCUT2D eigenvalue weighted by Gasteiger charge is -2.44.